The van der Waals surface area contributed by atoms with Crippen LogP contribution < -0.4 is 0 Å². The summed E-state index contributed by atoms with van der Waals surface area (Å²) in [6.45, 7) is 2.25. The van der Waals surface area contributed by atoms with E-state index >= 15 is 0 Å². The summed E-state index contributed by atoms with van der Waals surface area (Å²) in [6.07, 6.45) is -3.98. The minimum atomic E-state index is -4.52. The number of hydrogen-bond donors (Lipinski definition) is 1. The van der Waals surface area contributed by atoms with E-state index in [4.69, 9.17) is 0 Å². The molecule has 21 heavy (non-hydrogen) atoms. The molecule has 1 N–H and O–H groups in total. The zero-order valence-corrected chi connectivity index (χ0v) is 11.6. The van der Waals surface area contributed by atoms with E-state index in [-0.39, 0.29) is 24.1 Å². The van der Waals surface area contributed by atoms with E-state index in [0.717, 1.165) is 6.07 Å². The molecule has 0 saturated carbocycles. The van der Waals surface area contributed by atoms with Crippen molar-refractivity contribution in [2.45, 2.75) is 44.5 Å². The van der Waals surface area contributed by atoms with E-state index in [0.29, 0.717) is 19.4 Å². The normalized spacial score (nSPS) is 23.2. The van der Waals surface area contributed by atoms with Crippen LogP contribution in [0.1, 0.15) is 31.2 Å². The van der Waals surface area contributed by atoms with Crippen molar-refractivity contribution in [3.05, 3.63) is 29.6 Å². The van der Waals surface area contributed by atoms with Crippen molar-refractivity contribution in [1.29, 1.82) is 0 Å². The summed E-state index contributed by atoms with van der Waals surface area (Å²) in [5.74, 6) is -0.312. The number of aliphatic hydroxyl groups is 1. The average Bonchev–Trinajstić information content (AvgIpc) is 2.41. The topological polar surface area (TPSA) is 53.4 Å². The van der Waals surface area contributed by atoms with Gasteiger partial charge in [0.2, 0.25) is 5.91 Å². The number of rotatable bonds is 2. The lowest BCUT2D eigenvalue weighted by atomic mass is 9.99. The summed E-state index contributed by atoms with van der Waals surface area (Å²) in [6, 6.07) is 3.20. The van der Waals surface area contributed by atoms with Gasteiger partial charge in [0.25, 0.3) is 0 Å². The van der Waals surface area contributed by atoms with Gasteiger partial charge in [-0.3, -0.25) is 4.79 Å². The molecular weight excluding hydrogens is 285 g/mol. The van der Waals surface area contributed by atoms with Crippen LogP contribution in [0.15, 0.2) is 18.2 Å². The van der Waals surface area contributed by atoms with E-state index in [1.165, 1.54) is 17.0 Å². The molecule has 0 bridgehead atoms. The van der Waals surface area contributed by atoms with Crippen molar-refractivity contribution in [3.63, 3.8) is 0 Å². The monoisotopic (exact) mass is 302 g/mol. The molecule has 1 aromatic rings. The summed E-state index contributed by atoms with van der Waals surface area (Å²) >= 11 is 0. The van der Waals surface area contributed by atoms with Gasteiger partial charge in [-0.15, -0.1) is 0 Å². The number of alkyl halides is 3. The number of aliphatic hydroxyl groups excluding tert-OH is 1. The third-order valence-electron chi connectivity index (χ3n) is 3.70. The number of hydrogen-bond acceptors (Lipinski definition) is 3. The second kappa shape index (κ2) is 6.01. The molecule has 2 atom stereocenters. The average molecular weight is 302 g/mol. The van der Waals surface area contributed by atoms with Crippen molar-refractivity contribution in [3.8, 4) is 0 Å². The van der Waals surface area contributed by atoms with Crippen molar-refractivity contribution < 1.29 is 23.1 Å². The van der Waals surface area contributed by atoms with Crippen molar-refractivity contribution >= 4 is 5.91 Å². The Morgan fingerprint density at radius 2 is 2.19 bits per heavy atom. The highest BCUT2D eigenvalue weighted by molar-refractivity contribution is 5.78. The molecular formula is C14H17F3N2O2. The van der Waals surface area contributed by atoms with Gasteiger partial charge in [0.1, 0.15) is 5.69 Å². The molecule has 0 radical (unpaired) electrons. The lowest BCUT2D eigenvalue weighted by Gasteiger charge is -2.37. The third kappa shape index (κ3) is 3.72. The molecule has 7 heteroatoms. The first-order valence-electron chi connectivity index (χ1n) is 6.79. The number of halogens is 3. The molecule has 116 valence electrons. The molecule has 1 aromatic heterocycles. The largest absolute Gasteiger partial charge is 0.433 e. The van der Waals surface area contributed by atoms with Crippen LogP contribution in [-0.4, -0.2) is 39.6 Å². The van der Waals surface area contributed by atoms with Gasteiger partial charge in [0, 0.05) is 6.54 Å². The number of nitrogens with zero attached hydrogens (tertiary/aromatic N) is 2. The number of likely N-dealkylation sites (tertiary alicyclic amines) is 1. The Labute approximate surface area is 120 Å². The fourth-order valence-electron chi connectivity index (χ4n) is 2.47. The molecule has 2 rings (SSSR count). The molecule has 4 nitrogen and oxygen atoms in total. The predicted octanol–water partition coefficient (Wildman–Crippen LogP) is 2.01. The number of carbonyl (C=O) groups excluding carboxylic acids is 1. The first kappa shape index (κ1) is 15.8. The lowest BCUT2D eigenvalue weighted by molar-refractivity contribution is -0.142. The zero-order valence-electron chi connectivity index (χ0n) is 11.6. The van der Waals surface area contributed by atoms with Gasteiger partial charge in [-0.1, -0.05) is 6.07 Å². The number of pyridine rings is 1. The van der Waals surface area contributed by atoms with E-state index in [1.54, 1.807) is 6.92 Å². The lowest BCUT2D eigenvalue weighted by Crippen LogP contribution is -2.49. The van der Waals surface area contributed by atoms with Crippen LogP contribution in [0.3, 0.4) is 0 Å². The van der Waals surface area contributed by atoms with Crippen LogP contribution in [0.25, 0.3) is 0 Å². The van der Waals surface area contributed by atoms with Crippen LogP contribution >= 0.6 is 0 Å². The summed E-state index contributed by atoms with van der Waals surface area (Å²) in [5, 5.41) is 9.76. The van der Waals surface area contributed by atoms with E-state index in [2.05, 4.69) is 4.98 Å². The quantitative estimate of drug-likeness (QED) is 0.909. The standard InChI is InChI=1S/C14H17F3N2O2/c1-9-11(20)5-3-7-19(9)13(21)8-10-4-2-6-12(18-10)14(15,16)17/h2,4,6,9,11,20H,3,5,7-8H2,1H3/t9-,11-/m1/s1. The number of piperidine rings is 1. The minimum absolute atomic E-state index is 0.0853. The zero-order chi connectivity index (χ0) is 15.6. The molecule has 2 heterocycles. The third-order valence-corrected chi connectivity index (χ3v) is 3.70. The Kier molecular flexibility index (Phi) is 4.51. The highest BCUT2D eigenvalue weighted by atomic mass is 19.4. The molecule has 1 aliphatic rings. The van der Waals surface area contributed by atoms with Crippen LogP contribution in [0.4, 0.5) is 13.2 Å². The summed E-state index contributed by atoms with van der Waals surface area (Å²) < 4.78 is 37.7. The summed E-state index contributed by atoms with van der Waals surface area (Å²) in [7, 11) is 0. The van der Waals surface area contributed by atoms with Gasteiger partial charge in [0.05, 0.1) is 24.3 Å². The second-order valence-electron chi connectivity index (χ2n) is 5.23. The minimum Gasteiger partial charge on any atom is -0.391 e. The fraction of sp³-hybridized carbons (Fsp3) is 0.571. The number of carbonyl (C=O) groups is 1. The van der Waals surface area contributed by atoms with Crippen LogP contribution in [-0.2, 0) is 17.4 Å². The first-order valence-corrected chi connectivity index (χ1v) is 6.79. The molecule has 0 unspecified atom stereocenters. The smallest absolute Gasteiger partial charge is 0.391 e. The molecule has 1 aliphatic heterocycles. The maximum atomic E-state index is 12.6. The van der Waals surface area contributed by atoms with Gasteiger partial charge in [-0.25, -0.2) is 4.98 Å². The SMILES string of the molecule is C[C@@H]1[C@H](O)CCCN1C(=O)Cc1cccc(C(F)(F)F)n1. The van der Waals surface area contributed by atoms with Gasteiger partial charge >= 0.3 is 6.18 Å². The molecule has 0 spiro atoms. The second-order valence-corrected chi connectivity index (χ2v) is 5.23. The van der Waals surface area contributed by atoms with Gasteiger partial charge in [0.15, 0.2) is 0 Å². The Hall–Kier alpha value is -1.63. The van der Waals surface area contributed by atoms with Crippen molar-refractivity contribution in [2.24, 2.45) is 0 Å². The highest BCUT2D eigenvalue weighted by Crippen LogP contribution is 2.27. The van der Waals surface area contributed by atoms with Gasteiger partial charge in [-0.05, 0) is 31.9 Å². The Morgan fingerprint density at radius 3 is 2.86 bits per heavy atom. The Morgan fingerprint density at radius 1 is 1.48 bits per heavy atom. The first-order chi connectivity index (χ1) is 9.79. The fourth-order valence-corrected chi connectivity index (χ4v) is 2.47. The molecule has 1 fully saturated rings. The summed E-state index contributed by atoms with van der Waals surface area (Å²) in [4.78, 5) is 17.2. The maximum absolute atomic E-state index is 12.6. The van der Waals surface area contributed by atoms with E-state index < -0.39 is 18.0 Å². The van der Waals surface area contributed by atoms with E-state index in [9.17, 15) is 23.1 Å². The molecule has 1 saturated heterocycles. The maximum Gasteiger partial charge on any atom is 0.433 e. The molecule has 0 aliphatic carbocycles. The van der Waals surface area contributed by atoms with Gasteiger partial charge in [-0.2, -0.15) is 13.2 Å². The predicted molar refractivity (Wildman–Crippen MR) is 69.4 cm³/mol. The molecule has 1 amide bonds. The number of amides is 1. The van der Waals surface area contributed by atoms with Crippen LogP contribution in [0, 0.1) is 0 Å². The number of aromatic nitrogens is 1. The van der Waals surface area contributed by atoms with Crippen molar-refractivity contribution in [2.75, 3.05) is 6.54 Å². The van der Waals surface area contributed by atoms with Crippen molar-refractivity contribution in [1.82, 2.24) is 9.88 Å². The molecule has 0 aromatic carbocycles. The van der Waals surface area contributed by atoms with Crippen LogP contribution in [0.5, 0.6) is 0 Å². The van der Waals surface area contributed by atoms with Gasteiger partial charge < -0.3 is 10.0 Å². The summed E-state index contributed by atoms with van der Waals surface area (Å²) in [5.41, 5.74) is -0.915. The highest BCUT2D eigenvalue weighted by Gasteiger charge is 2.33. The van der Waals surface area contributed by atoms with Crippen LogP contribution in [0.2, 0.25) is 0 Å². The Bertz CT molecular complexity index is 519. The Balaban J connectivity index is 2.09. The van der Waals surface area contributed by atoms with E-state index in [1.807, 2.05) is 0 Å².